The van der Waals surface area contributed by atoms with Crippen LogP contribution in [0.5, 0.6) is 0 Å². The Bertz CT molecular complexity index is 1410. The first kappa shape index (κ1) is 23.6. The zero-order valence-corrected chi connectivity index (χ0v) is 22.2. The van der Waals surface area contributed by atoms with E-state index >= 15 is 0 Å². The molecular weight excluding hydrogens is 472 g/mol. The largest absolute Gasteiger partial charge is 0.351 e. The van der Waals surface area contributed by atoms with Gasteiger partial charge in [0.05, 0.1) is 17.8 Å². The summed E-state index contributed by atoms with van der Waals surface area (Å²) < 4.78 is 2.30. The molecule has 0 amide bonds. The normalized spacial score (nSPS) is 17.7. The molecule has 1 fully saturated rings. The van der Waals surface area contributed by atoms with E-state index in [1.807, 2.05) is 30.5 Å². The van der Waals surface area contributed by atoms with Crippen LogP contribution < -0.4 is 10.2 Å². The number of thiocarbonyl (C=S) groups is 1. The van der Waals surface area contributed by atoms with Crippen molar-refractivity contribution in [1.82, 2.24) is 14.9 Å². The highest BCUT2D eigenvalue weighted by Gasteiger charge is 2.42. The van der Waals surface area contributed by atoms with Crippen LogP contribution in [0, 0.1) is 34.6 Å². The van der Waals surface area contributed by atoms with Gasteiger partial charge in [0.15, 0.2) is 5.11 Å². The van der Waals surface area contributed by atoms with E-state index in [-0.39, 0.29) is 12.1 Å². The Hall–Kier alpha value is -3.15. The molecule has 2 aromatic carbocycles. The van der Waals surface area contributed by atoms with Gasteiger partial charge in [-0.2, -0.15) is 0 Å². The predicted molar refractivity (Wildman–Crippen MR) is 149 cm³/mol. The lowest BCUT2D eigenvalue weighted by atomic mass is 9.96. The molecule has 6 heteroatoms. The van der Waals surface area contributed by atoms with Crippen LogP contribution in [-0.2, 0) is 0 Å². The zero-order valence-electron chi connectivity index (χ0n) is 20.6. The molecule has 3 heterocycles. The molecule has 1 N–H and O–H groups in total. The molecule has 2 aromatic heterocycles. The third-order valence-corrected chi connectivity index (χ3v) is 7.58. The van der Waals surface area contributed by atoms with Gasteiger partial charge in [-0.15, -0.1) is 0 Å². The predicted octanol–water partition coefficient (Wildman–Crippen LogP) is 7.24. The van der Waals surface area contributed by atoms with Crippen LogP contribution in [0.25, 0.3) is 5.69 Å². The highest BCUT2D eigenvalue weighted by atomic mass is 35.5. The number of aryl methyl sites for hydroxylation is 3. The van der Waals surface area contributed by atoms with E-state index in [0.717, 1.165) is 33.3 Å². The summed E-state index contributed by atoms with van der Waals surface area (Å²) in [6.07, 6.45) is 1.84. The van der Waals surface area contributed by atoms with Gasteiger partial charge in [0.25, 0.3) is 0 Å². The van der Waals surface area contributed by atoms with Gasteiger partial charge in [0.2, 0.25) is 0 Å². The van der Waals surface area contributed by atoms with Gasteiger partial charge in [0, 0.05) is 34.0 Å². The highest BCUT2D eigenvalue weighted by Crippen LogP contribution is 2.44. The number of hydrogen-bond acceptors (Lipinski definition) is 2. The van der Waals surface area contributed by atoms with E-state index in [9.17, 15) is 0 Å². The average molecular weight is 501 g/mol. The molecule has 178 valence electrons. The number of nitrogens with one attached hydrogen (secondary N) is 1. The fraction of sp³-hybridized carbons (Fsp3) is 0.241. The lowest BCUT2D eigenvalue weighted by Gasteiger charge is -2.29. The summed E-state index contributed by atoms with van der Waals surface area (Å²) in [4.78, 5) is 6.96. The molecule has 0 aliphatic carbocycles. The minimum absolute atomic E-state index is 0.0574. The van der Waals surface area contributed by atoms with Gasteiger partial charge >= 0.3 is 0 Å². The van der Waals surface area contributed by atoms with Gasteiger partial charge in [-0.25, -0.2) is 0 Å². The van der Waals surface area contributed by atoms with Crippen LogP contribution in [0.3, 0.4) is 0 Å². The van der Waals surface area contributed by atoms with Crippen LogP contribution in [0.4, 0.5) is 5.69 Å². The maximum Gasteiger partial charge on any atom is 0.174 e. The lowest BCUT2D eigenvalue weighted by Crippen LogP contribution is -2.29. The Labute approximate surface area is 217 Å². The van der Waals surface area contributed by atoms with Crippen LogP contribution in [0.2, 0.25) is 5.02 Å². The molecule has 2 atom stereocenters. The number of nitrogens with zero attached hydrogens (tertiary/aromatic N) is 3. The lowest BCUT2D eigenvalue weighted by molar-refractivity contribution is 0.565. The van der Waals surface area contributed by atoms with Crippen molar-refractivity contribution >= 4 is 34.6 Å². The molecular formula is C29H29ClN4S. The Morgan fingerprint density at radius 3 is 2.34 bits per heavy atom. The highest BCUT2D eigenvalue weighted by molar-refractivity contribution is 7.80. The molecule has 4 nitrogen and oxygen atoms in total. The van der Waals surface area contributed by atoms with Gasteiger partial charge in [-0.05, 0) is 112 Å². The maximum atomic E-state index is 6.50. The standard InChI is InChI=1S/C29H29ClN4S/c1-17-13-18(2)15-22(14-17)34-28(27(32-29(34)35)25-10-6-7-12-31-25)23-16-19(3)33(21(23)5)26-11-8-9-24(30)20(26)4/h6-16,27-28H,1-5H3,(H,32,35)/t27-,28+/m1/s1. The molecule has 0 unspecified atom stereocenters. The van der Waals surface area contributed by atoms with Crippen molar-refractivity contribution in [1.29, 1.82) is 0 Å². The van der Waals surface area contributed by atoms with E-state index in [1.54, 1.807) is 0 Å². The van der Waals surface area contributed by atoms with Gasteiger partial charge in [0.1, 0.15) is 0 Å². The van der Waals surface area contributed by atoms with Crippen LogP contribution in [0.1, 0.15) is 51.4 Å². The monoisotopic (exact) mass is 500 g/mol. The van der Waals surface area contributed by atoms with Crippen LogP contribution >= 0.6 is 23.8 Å². The van der Waals surface area contributed by atoms with Crippen LogP contribution in [-0.4, -0.2) is 14.7 Å². The summed E-state index contributed by atoms with van der Waals surface area (Å²) in [6, 6.07) is 20.8. The average Bonchev–Trinajstić information content (AvgIpc) is 3.31. The summed E-state index contributed by atoms with van der Waals surface area (Å²) in [5.74, 6) is 0. The van der Waals surface area contributed by atoms with Gasteiger partial charge in [-0.3, -0.25) is 4.98 Å². The summed E-state index contributed by atoms with van der Waals surface area (Å²) in [7, 11) is 0. The number of pyridine rings is 1. The second-order valence-electron chi connectivity index (χ2n) is 9.39. The molecule has 0 spiro atoms. The quantitative estimate of drug-likeness (QED) is 0.299. The van der Waals surface area contributed by atoms with Crippen molar-refractivity contribution in [3.8, 4) is 5.69 Å². The first-order valence-corrected chi connectivity index (χ1v) is 12.6. The number of rotatable bonds is 4. The first-order chi connectivity index (χ1) is 16.8. The molecule has 0 bridgehead atoms. The number of halogens is 1. The molecule has 1 aliphatic rings. The Kier molecular flexibility index (Phi) is 6.16. The summed E-state index contributed by atoms with van der Waals surface area (Å²) >= 11 is 12.4. The molecule has 0 saturated carbocycles. The minimum Gasteiger partial charge on any atom is -0.351 e. The number of benzene rings is 2. The maximum absolute atomic E-state index is 6.50. The molecule has 1 saturated heterocycles. The van der Waals surface area contributed by atoms with Crippen molar-refractivity contribution in [2.45, 2.75) is 46.7 Å². The van der Waals surface area contributed by atoms with Gasteiger partial charge in [-0.1, -0.05) is 29.8 Å². The third kappa shape index (κ3) is 4.13. The SMILES string of the molecule is Cc1cc(C)cc(N2C(=S)N[C@H](c3ccccn3)[C@@H]2c2cc(C)n(-c3cccc(Cl)c3C)c2C)c1. The fourth-order valence-electron chi connectivity index (χ4n) is 5.33. The second-order valence-corrected chi connectivity index (χ2v) is 10.2. The third-order valence-electron chi connectivity index (χ3n) is 6.85. The van der Waals surface area contributed by atoms with Crippen molar-refractivity contribution < 1.29 is 0 Å². The first-order valence-electron chi connectivity index (χ1n) is 11.8. The summed E-state index contributed by atoms with van der Waals surface area (Å²) in [6.45, 7) is 10.7. The number of anilines is 1. The Morgan fingerprint density at radius 1 is 0.914 bits per heavy atom. The molecule has 1 aliphatic heterocycles. The molecule has 35 heavy (non-hydrogen) atoms. The molecule has 0 radical (unpaired) electrons. The fourth-order valence-corrected chi connectivity index (χ4v) is 5.85. The second kappa shape index (κ2) is 9.14. The molecule has 5 rings (SSSR count). The number of hydrogen-bond donors (Lipinski definition) is 1. The van der Waals surface area contributed by atoms with Gasteiger partial charge < -0.3 is 14.8 Å². The minimum atomic E-state index is -0.0843. The Balaban J connectivity index is 1.72. The summed E-state index contributed by atoms with van der Waals surface area (Å²) in [5.41, 5.74) is 10.2. The topological polar surface area (TPSA) is 33.1 Å². The van der Waals surface area contributed by atoms with E-state index in [1.165, 1.54) is 22.4 Å². The number of aromatic nitrogens is 2. The van der Waals surface area contributed by atoms with E-state index in [0.29, 0.717) is 5.11 Å². The van der Waals surface area contributed by atoms with Crippen molar-refractivity contribution in [2.24, 2.45) is 0 Å². The summed E-state index contributed by atoms with van der Waals surface area (Å²) in [5, 5.41) is 5.06. The smallest absolute Gasteiger partial charge is 0.174 e. The zero-order chi connectivity index (χ0) is 24.9. The van der Waals surface area contributed by atoms with E-state index in [4.69, 9.17) is 28.8 Å². The molecule has 4 aromatic rings. The van der Waals surface area contributed by atoms with Crippen molar-refractivity contribution in [3.05, 3.63) is 111 Å². The Morgan fingerprint density at radius 2 is 1.66 bits per heavy atom. The van der Waals surface area contributed by atoms with Crippen LogP contribution in [0.15, 0.2) is 66.9 Å². The van der Waals surface area contributed by atoms with E-state index < -0.39 is 0 Å². The van der Waals surface area contributed by atoms with Crippen molar-refractivity contribution in [3.63, 3.8) is 0 Å². The van der Waals surface area contributed by atoms with E-state index in [2.05, 4.69) is 85.8 Å². The van der Waals surface area contributed by atoms with Crippen molar-refractivity contribution in [2.75, 3.05) is 4.90 Å².